The molecule has 0 N–H and O–H groups in total. The summed E-state index contributed by atoms with van der Waals surface area (Å²) in [5, 5.41) is 8.61. The van der Waals surface area contributed by atoms with E-state index >= 15 is 0 Å². The Morgan fingerprint density at radius 1 is 1.50 bits per heavy atom. The van der Waals surface area contributed by atoms with Gasteiger partial charge in [0.15, 0.2) is 0 Å². The molecular weight excluding hydrogens is 223 g/mol. The van der Waals surface area contributed by atoms with E-state index in [2.05, 4.69) is 4.74 Å². The molecule has 1 rings (SSSR count). The second-order valence-electron chi connectivity index (χ2n) is 2.79. The molecule has 0 bridgehead atoms. The molecule has 0 unspecified atom stereocenters. The summed E-state index contributed by atoms with van der Waals surface area (Å²) in [5.74, 6) is -2.20. The number of rotatable bonds is 2. The van der Waals surface area contributed by atoms with Crippen LogP contribution in [0.25, 0.3) is 0 Å². The quantitative estimate of drug-likeness (QED) is 0.731. The predicted octanol–water partition coefficient (Wildman–Crippen LogP) is 2.42. The van der Waals surface area contributed by atoms with Crippen LogP contribution in [0.3, 0.4) is 0 Å². The Kier molecular flexibility index (Phi) is 3.51. The van der Waals surface area contributed by atoms with Crippen LogP contribution in [-0.2, 0) is 4.74 Å². The summed E-state index contributed by atoms with van der Waals surface area (Å²) >= 11 is 0. The minimum atomic E-state index is -2.98. The molecule has 3 nitrogen and oxygen atoms in total. The zero-order valence-electron chi connectivity index (χ0n) is 8.13. The average Bonchev–Trinajstić information content (AvgIpc) is 2.27. The molecule has 0 saturated carbocycles. The van der Waals surface area contributed by atoms with Crippen molar-refractivity contribution in [3.8, 4) is 6.07 Å². The molecular formula is C10H6F3NO2. The van der Waals surface area contributed by atoms with Crippen molar-refractivity contribution in [1.29, 1.82) is 5.26 Å². The molecule has 0 aromatic heterocycles. The van der Waals surface area contributed by atoms with Gasteiger partial charge in [0.25, 0.3) is 6.43 Å². The van der Waals surface area contributed by atoms with Gasteiger partial charge in [0.1, 0.15) is 17.4 Å². The summed E-state index contributed by atoms with van der Waals surface area (Å²) in [6.07, 6.45) is -2.98. The molecule has 0 aliphatic carbocycles. The highest BCUT2D eigenvalue weighted by Gasteiger charge is 2.25. The van der Waals surface area contributed by atoms with E-state index in [4.69, 9.17) is 5.26 Å². The van der Waals surface area contributed by atoms with Crippen molar-refractivity contribution in [2.24, 2.45) is 0 Å². The molecule has 0 atom stereocenters. The van der Waals surface area contributed by atoms with Crippen LogP contribution in [0.1, 0.15) is 27.9 Å². The van der Waals surface area contributed by atoms with Gasteiger partial charge in [-0.25, -0.2) is 18.0 Å². The number of hydrogen-bond donors (Lipinski definition) is 0. The van der Waals surface area contributed by atoms with Crippen LogP contribution in [-0.4, -0.2) is 13.1 Å². The van der Waals surface area contributed by atoms with Gasteiger partial charge in [-0.3, -0.25) is 0 Å². The summed E-state index contributed by atoms with van der Waals surface area (Å²) in [6, 6.07) is 2.84. The monoisotopic (exact) mass is 229 g/mol. The summed E-state index contributed by atoms with van der Waals surface area (Å²) in [6.45, 7) is 0. The summed E-state index contributed by atoms with van der Waals surface area (Å²) in [5.41, 5.74) is -2.17. The van der Waals surface area contributed by atoms with Crippen molar-refractivity contribution in [1.82, 2.24) is 0 Å². The Labute approximate surface area is 89.1 Å². The molecule has 1 aromatic rings. The second-order valence-corrected chi connectivity index (χ2v) is 2.79. The van der Waals surface area contributed by atoms with Gasteiger partial charge in [0.2, 0.25) is 0 Å². The fourth-order valence-corrected chi connectivity index (χ4v) is 1.21. The van der Waals surface area contributed by atoms with E-state index in [1.165, 1.54) is 6.07 Å². The molecule has 0 saturated heterocycles. The molecule has 0 aliphatic rings. The third-order valence-electron chi connectivity index (χ3n) is 1.92. The minimum absolute atomic E-state index is 0.715. The van der Waals surface area contributed by atoms with Crippen LogP contribution in [0, 0.1) is 17.1 Å². The molecule has 0 amide bonds. The van der Waals surface area contributed by atoms with Crippen molar-refractivity contribution in [3.63, 3.8) is 0 Å². The number of methoxy groups -OCH3 is 1. The number of carbonyl (C=O) groups excluding carboxylic acids is 1. The van der Waals surface area contributed by atoms with Crippen molar-refractivity contribution < 1.29 is 22.7 Å². The van der Waals surface area contributed by atoms with Crippen LogP contribution in [0.5, 0.6) is 0 Å². The van der Waals surface area contributed by atoms with Gasteiger partial charge in [-0.05, 0) is 12.1 Å². The van der Waals surface area contributed by atoms with E-state index in [1.54, 1.807) is 0 Å². The maximum absolute atomic E-state index is 13.1. The zero-order valence-corrected chi connectivity index (χ0v) is 8.13. The van der Waals surface area contributed by atoms with Gasteiger partial charge >= 0.3 is 5.97 Å². The summed E-state index contributed by atoms with van der Waals surface area (Å²) in [4.78, 5) is 11.2. The van der Waals surface area contributed by atoms with Gasteiger partial charge in [0, 0.05) is 5.56 Å². The summed E-state index contributed by atoms with van der Waals surface area (Å²) < 4.78 is 42.4. The number of nitriles is 1. The van der Waals surface area contributed by atoms with Gasteiger partial charge < -0.3 is 4.74 Å². The molecule has 1 aromatic carbocycles. The lowest BCUT2D eigenvalue weighted by atomic mass is 10.0. The fraction of sp³-hybridized carbons (Fsp3) is 0.200. The highest BCUT2D eigenvalue weighted by molar-refractivity contribution is 5.94. The molecule has 6 heteroatoms. The van der Waals surface area contributed by atoms with Crippen LogP contribution in [0.15, 0.2) is 12.1 Å². The molecule has 84 valence electrons. The lowest BCUT2D eigenvalue weighted by Crippen LogP contribution is -2.10. The molecule has 0 fully saturated rings. The largest absolute Gasteiger partial charge is 0.465 e. The van der Waals surface area contributed by atoms with Crippen LogP contribution in [0.4, 0.5) is 13.2 Å². The van der Waals surface area contributed by atoms with Gasteiger partial charge in [-0.1, -0.05) is 0 Å². The first-order valence-electron chi connectivity index (χ1n) is 4.11. The lowest BCUT2D eigenvalue weighted by molar-refractivity contribution is 0.0588. The predicted molar refractivity (Wildman–Crippen MR) is 47.4 cm³/mol. The molecule has 0 aliphatic heterocycles. The Bertz CT molecular complexity index is 466. The fourth-order valence-electron chi connectivity index (χ4n) is 1.21. The standard InChI is InChI=1S/C10H6F3NO2/c1-16-10(15)8-5(9(12)13)2-3-7(11)6(8)4-14/h2-3,9H,1H3. The van der Waals surface area contributed by atoms with E-state index in [0.29, 0.717) is 6.07 Å². The normalized spacial score (nSPS) is 10.0. The average molecular weight is 229 g/mol. The third-order valence-corrected chi connectivity index (χ3v) is 1.92. The van der Waals surface area contributed by atoms with Crippen molar-refractivity contribution in [2.75, 3.05) is 7.11 Å². The van der Waals surface area contributed by atoms with E-state index in [9.17, 15) is 18.0 Å². The molecule has 0 heterocycles. The number of ether oxygens (including phenoxy) is 1. The maximum Gasteiger partial charge on any atom is 0.339 e. The van der Waals surface area contributed by atoms with Crippen LogP contribution < -0.4 is 0 Å². The Morgan fingerprint density at radius 3 is 2.56 bits per heavy atom. The van der Waals surface area contributed by atoms with Crippen LogP contribution >= 0.6 is 0 Å². The Balaban J connectivity index is 3.55. The number of carbonyl (C=O) groups is 1. The third kappa shape index (κ3) is 1.98. The highest BCUT2D eigenvalue weighted by atomic mass is 19.3. The van der Waals surface area contributed by atoms with Crippen molar-refractivity contribution >= 4 is 5.97 Å². The molecule has 16 heavy (non-hydrogen) atoms. The maximum atomic E-state index is 13.1. The van der Waals surface area contributed by atoms with Gasteiger partial charge in [-0.15, -0.1) is 0 Å². The van der Waals surface area contributed by atoms with Crippen LogP contribution in [0.2, 0.25) is 0 Å². The first-order chi connectivity index (χ1) is 7.52. The Morgan fingerprint density at radius 2 is 2.12 bits per heavy atom. The zero-order chi connectivity index (χ0) is 12.3. The van der Waals surface area contributed by atoms with E-state index < -0.39 is 34.9 Å². The topological polar surface area (TPSA) is 50.1 Å². The number of hydrogen-bond acceptors (Lipinski definition) is 3. The molecule has 0 radical (unpaired) electrons. The number of halogens is 3. The number of nitrogens with zero attached hydrogens (tertiary/aromatic N) is 1. The SMILES string of the molecule is COC(=O)c1c(C(F)F)ccc(F)c1C#N. The summed E-state index contributed by atoms with van der Waals surface area (Å²) in [7, 11) is 0.962. The first-order valence-corrected chi connectivity index (χ1v) is 4.11. The van der Waals surface area contributed by atoms with Gasteiger partial charge in [0.05, 0.1) is 12.7 Å². The van der Waals surface area contributed by atoms with Gasteiger partial charge in [-0.2, -0.15) is 5.26 Å². The van der Waals surface area contributed by atoms with Crippen molar-refractivity contribution in [2.45, 2.75) is 6.43 Å². The van der Waals surface area contributed by atoms with E-state index in [1.807, 2.05) is 0 Å². The number of alkyl halides is 2. The second kappa shape index (κ2) is 4.66. The first kappa shape index (κ1) is 12.0. The minimum Gasteiger partial charge on any atom is -0.465 e. The van der Waals surface area contributed by atoms with E-state index in [-0.39, 0.29) is 0 Å². The van der Waals surface area contributed by atoms with Crippen molar-refractivity contribution in [3.05, 3.63) is 34.6 Å². The number of esters is 1. The molecule has 0 spiro atoms. The Hall–Kier alpha value is -2.03. The lowest BCUT2D eigenvalue weighted by Gasteiger charge is -2.09. The highest BCUT2D eigenvalue weighted by Crippen LogP contribution is 2.27. The smallest absolute Gasteiger partial charge is 0.339 e. The number of benzene rings is 1. The van der Waals surface area contributed by atoms with E-state index in [0.717, 1.165) is 13.2 Å².